The first kappa shape index (κ1) is 9.96. The smallest absolute Gasteiger partial charge is 0.326 e. The van der Waals surface area contributed by atoms with Crippen molar-refractivity contribution < 1.29 is 9.90 Å². The Hall–Kier alpha value is -1.58. The molecule has 2 rings (SSSR count). The summed E-state index contributed by atoms with van der Waals surface area (Å²) in [5.41, 5.74) is 1.11. The predicted octanol–water partition coefficient (Wildman–Crippen LogP) is 1.44. The summed E-state index contributed by atoms with van der Waals surface area (Å²) in [6, 6.07) is 3.44. The maximum absolute atomic E-state index is 11.0. The molecule has 4 heteroatoms. The molecule has 0 radical (unpaired) electrons. The van der Waals surface area contributed by atoms with Crippen molar-refractivity contribution in [1.82, 2.24) is 4.98 Å². The molecule has 0 amide bonds. The number of rotatable bonds is 2. The zero-order valence-electron chi connectivity index (χ0n) is 8.68. The summed E-state index contributed by atoms with van der Waals surface area (Å²) in [5, 5.41) is 9.04. The normalized spacial score (nSPS) is 20.6. The van der Waals surface area contributed by atoms with Crippen molar-refractivity contribution in [3.8, 4) is 0 Å². The number of anilines is 1. The third kappa shape index (κ3) is 1.93. The zero-order chi connectivity index (χ0) is 10.8. The lowest BCUT2D eigenvalue weighted by atomic mass is 10.2. The minimum atomic E-state index is -0.754. The Morgan fingerprint density at radius 2 is 2.47 bits per heavy atom. The van der Waals surface area contributed by atoms with Gasteiger partial charge in [-0.15, -0.1) is 0 Å². The van der Waals surface area contributed by atoms with Crippen LogP contribution in [0.2, 0.25) is 0 Å². The van der Waals surface area contributed by atoms with Gasteiger partial charge in [-0.25, -0.2) is 9.78 Å². The third-order valence-corrected chi connectivity index (χ3v) is 2.73. The molecule has 0 aliphatic carbocycles. The second kappa shape index (κ2) is 3.88. The van der Waals surface area contributed by atoms with E-state index in [1.165, 1.54) is 0 Å². The summed E-state index contributed by atoms with van der Waals surface area (Å²) < 4.78 is 0. The maximum atomic E-state index is 11.0. The van der Waals surface area contributed by atoms with Crippen LogP contribution in [0.25, 0.3) is 0 Å². The largest absolute Gasteiger partial charge is 0.480 e. The van der Waals surface area contributed by atoms with Gasteiger partial charge in [-0.05, 0) is 37.5 Å². The Morgan fingerprint density at radius 1 is 1.67 bits per heavy atom. The number of aromatic nitrogens is 1. The Bertz CT molecular complexity index is 379. The van der Waals surface area contributed by atoms with Gasteiger partial charge in [0.05, 0.1) is 0 Å². The molecular formula is C11H14N2O2. The Kier molecular flexibility index (Phi) is 2.58. The maximum Gasteiger partial charge on any atom is 0.326 e. The van der Waals surface area contributed by atoms with Gasteiger partial charge < -0.3 is 10.0 Å². The molecular weight excluding hydrogens is 192 g/mol. The fourth-order valence-corrected chi connectivity index (χ4v) is 1.97. The quantitative estimate of drug-likeness (QED) is 0.795. The number of carbonyl (C=O) groups is 1. The van der Waals surface area contributed by atoms with E-state index in [0.29, 0.717) is 6.42 Å². The van der Waals surface area contributed by atoms with E-state index < -0.39 is 12.0 Å². The number of nitrogens with zero attached hydrogens (tertiary/aromatic N) is 2. The fraction of sp³-hybridized carbons (Fsp3) is 0.455. The number of hydrogen-bond acceptors (Lipinski definition) is 3. The molecule has 1 atom stereocenters. The molecule has 1 saturated heterocycles. The van der Waals surface area contributed by atoms with Crippen molar-refractivity contribution >= 4 is 11.8 Å². The molecule has 0 saturated carbocycles. The van der Waals surface area contributed by atoms with Crippen molar-refractivity contribution in [2.75, 3.05) is 11.4 Å². The third-order valence-electron chi connectivity index (χ3n) is 2.73. The average Bonchev–Trinajstić information content (AvgIpc) is 2.65. The summed E-state index contributed by atoms with van der Waals surface area (Å²) in [7, 11) is 0. The predicted molar refractivity (Wildman–Crippen MR) is 57.0 cm³/mol. The minimum Gasteiger partial charge on any atom is -0.480 e. The zero-order valence-corrected chi connectivity index (χ0v) is 8.68. The van der Waals surface area contributed by atoms with E-state index in [4.69, 9.17) is 5.11 Å². The molecule has 0 unspecified atom stereocenters. The number of aliphatic carboxylic acids is 1. The first-order valence-corrected chi connectivity index (χ1v) is 5.10. The first-order valence-electron chi connectivity index (χ1n) is 5.10. The van der Waals surface area contributed by atoms with Crippen LogP contribution in [0.4, 0.5) is 5.82 Å². The number of aryl methyl sites for hydroxylation is 1. The topological polar surface area (TPSA) is 53.4 Å². The molecule has 0 spiro atoms. The van der Waals surface area contributed by atoms with E-state index >= 15 is 0 Å². The molecule has 1 aromatic heterocycles. The summed E-state index contributed by atoms with van der Waals surface area (Å²) in [6.07, 6.45) is 3.36. The average molecular weight is 206 g/mol. The van der Waals surface area contributed by atoms with Crippen LogP contribution in [-0.2, 0) is 4.79 Å². The Morgan fingerprint density at radius 3 is 3.13 bits per heavy atom. The number of carboxylic acids is 1. The fourth-order valence-electron chi connectivity index (χ4n) is 1.97. The first-order chi connectivity index (χ1) is 7.18. The molecule has 0 bridgehead atoms. The van der Waals surface area contributed by atoms with Crippen LogP contribution in [0.3, 0.4) is 0 Å². The van der Waals surface area contributed by atoms with Gasteiger partial charge >= 0.3 is 5.97 Å². The van der Waals surface area contributed by atoms with E-state index in [0.717, 1.165) is 24.3 Å². The summed E-state index contributed by atoms with van der Waals surface area (Å²) >= 11 is 0. The van der Waals surface area contributed by atoms with Gasteiger partial charge in [0.2, 0.25) is 0 Å². The van der Waals surface area contributed by atoms with Crippen LogP contribution in [0.1, 0.15) is 18.4 Å². The highest BCUT2D eigenvalue weighted by atomic mass is 16.4. The molecule has 1 aromatic rings. The van der Waals surface area contributed by atoms with Crippen LogP contribution in [0.5, 0.6) is 0 Å². The second-order valence-corrected chi connectivity index (χ2v) is 3.88. The van der Waals surface area contributed by atoms with Crippen LogP contribution >= 0.6 is 0 Å². The second-order valence-electron chi connectivity index (χ2n) is 3.88. The van der Waals surface area contributed by atoms with Crippen molar-refractivity contribution in [3.05, 3.63) is 23.9 Å². The molecule has 1 aliphatic heterocycles. The van der Waals surface area contributed by atoms with Crippen LogP contribution in [0, 0.1) is 6.92 Å². The van der Waals surface area contributed by atoms with Gasteiger partial charge in [-0.2, -0.15) is 0 Å². The van der Waals surface area contributed by atoms with Gasteiger partial charge in [-0.1, -0.05) is 0 Å². The standard InChI is InChI=1S/C11H14N2O2/c1-8-4-5-12-10(7-8)13-6-2-3-9(13)11(14)15/h4-5,7,9H,2-3,6H2,1H3,(H,14,15)/t9-/m0/s1. The molecule has 1 N–H and O–H groups in total. The molecule has 15 heavy (non-hydrogen) atoms. The summed E-state index contributed by atoms with van der Waals surface area (Å²) in [5.74, 6) is 0.0238. The molecule has 1 aliphatic rings. The monoisotopic (exact) mass is 206 g/mol. The van der Waals surface area contributed by atoms with E-state index in [2.05, 4.69) is 4.98 Å². The van der Waals surface area contributed by atoms with Gasteiger partial charge in [0, 0.05) is 12.7 Å². The highest BCUT2D eigenvalue weighted by Crippen LogP contribution is 2.24. The van der Waals surface area contributed by atoms with Crippen LogP contribution in [0.15, 0.2) is 18.3 Å². The van der Waals surface area contributed by atoms with Gasteiger partial charge in [-0.3, -0.25) is 0 Å². The molecule has 4 nitrogen and oxygen atoms in total. The van der Waals surface area contributed by atoms with Crippen molar-refractivity contribution in [1.29, 1.82) is 0 Å². The molecule has 2 heterocycles. The number of hydrogen-bond donors (Lipinski definition) is 1. The number of pyridine rings is 1. The van der Waals surface area contributed by atoms with Gasteiger partial charge in [0.15, 0.2) is 0 Å². The van der Waals surface area contributed by atoms with Crippen molar-refractivity contribution in [3.63, 3.8) is 0 Å². The lowest BCUT2D eigenvalue weighted by molar-refractivity contribution is -0.138. The van der Waals surface area contributed by atoms with E-state index in [1.54, 1.807) is 6.20 Å². The lowest BCUT2D eigenvalue weighted by Crippen LogP contribution is -2.36. The molecule has 80 valence electrons. The number of carboxylic acid groups (broad SMARTS) is 1. The van der Waals surface area contributed by atoms with Crippen molar-refractivity contribution in [2.45, 2.75) is 25.8 Å². The Balaban J connectivity index is 2.26. The Labute approximate surface area is 88.6 Å². The van der Waals surface area contributed by atoms with E-state index in [9.17, 15) is 4.79 Å². The highest BCUT2D eigenvalue weighted by Gasteiger charge is 2.31. The highest BCUT2D eigenvalue weighted by molar-refractivity contribution is 5.78. The lowest BCUT2D eigenvalue weighted by Gasteiger charge is -2.22. The van der Waals surface area contributed by atoms with Gasteiger partial charge in [0.1, 0.15) is 11.9 Å². The summed E-state index contributed by atoms with van der Waals surface area (Å²) in [6.45, 7) is 2.77. The summed E-state index contributed by atoms with van der Waals surface area (Å²) in [4.78, 5) is 17.1. The SMILES string of the molecule is Cc1ccnc(N2CCC[C@H]2C(=O)O)c1. The van der Waals surface area contributed by atoms with Crippen LogP contribution in [-0.4, -0.2) is 28.6 Å². The van der Waals surface area contributed by atoms with Gasteiger partial charge in [0.25, 0.3) is 0 Å². The molecule has 1 fully saturated rings. The van der Waals surface area contributed by atoms with E-state index in [-0.39, 0.29) is 0 Å². The molecule has 0 aromatic carbocycles. The van der Waals surface area contributed by atoms with E-state index in [1.807, 2.05) is 24.0 Å². The minimum absolute atomic E-state index is 0.403. The van der Waals surface area contributed by atoms with Crippen molar-refractivity contribution in [2.24, 2.45) is 0 Å². The van der Waals surface area contributed by atoms with Crippen LogP contribution < -0.4 is 4.90 Å².